The molecule has 1 aromatic rings. The summed E-state index contributed by atoms with van der Waals surface area (Å²) in [5.74, 6) is 3.91. The molecule has 28 heavy (non-hydrogen) atoms. The molecular formula is C17H23FN4O5S. The fourth-order valence-corrected chi connectivity index (χ4v) is 4.26. The van der Waals surface area contributed by atoms with E-state index in [0.29, 0.717) is 15.6 Å². The Labute approximate surface area is 163 Å². The van der Waals surface area contributed by atoms with Crippen LogP contribution in [0.2, 0.25) is 0 Å². The van der Waals surface area contributed by atoms with Crippen LogP contribution in [0, 0.1) is 5.82 Å². The summed E-state index contributed by atoms with van der Waals surface area (Å²) >= 11 is 0. The third-order valence-electron chi connectivity index (χ3n) is 4.04. The third kappa shape index (κ3) is 4.30. The van der Waals surface area contributed by atoms with Crippen molar-refractivity contribution in [3.63, 3.8) is 0 Å². The van der Waals surface area contributed by atoms with Crippen molar-refractivity contribution in [2.45, 2.75) is 38.3 Å². The number of nitrogens with two attached hydrogens (primary N) is 1. The zero-order valence-electron chi connectivity index (χ0n) is 16.0. The summed E-state index contributed by atoms with van der Waals surface area (Å²) in [5, 5.41) is 0.433. The minimum atomic E-state index is -4.08. The maximum Gasteiger partial charge on any atom is 0.431 e. The van der Waals surface area contributed by atoms with Crippen molar-refractivity contribution >= 4 is 28.4 Å². The number of hydrogen-bond acceptors (Lipinski definition) is 7. The highest BCUT2D eigenvalue weighted by molar-refractivity contribution is 7.89. The van der Waals surface area contributed by atoms with Gasteiger partial charge in [0.1, 0.15) is 23.2 Å². The lowest BCUT2D eigenvalue weighted by Crippen LogP contribution is -2.58. The zero-order chi connectivity index (χ0) is 21.3. The van der Waals surface area contributed by atoms with Gasteiger partial charge in [0.15, 0.2) is 0 Å². The molecule has 1 heterocycles. The molecule has 0 saturated heterocycles. The van der Waals surface area contributed by atoms with Crippen molar-refractivity contribution in [3.8, 4) is 0 Å². The molecule has 9 nitrogen and oxygen atoms in total. The molecule has 1 aliphatic rings. The molecular weight excluding hydrogens is 391 g/mol. The maximum absolute atomic E-state index is 14.5. The van der Waals surface area contributed by atoms with Gasteiger partial charge in [0, 0.05) is 19.0 Å². The number of carbonyl (C=O) groups excluding carboxylic acids is 2. The highest BCUT2D eigenvalue weighted by atomic mass is 32.2. The van der Waals surface area contributed by atoms with Gasteiger partial charge in [0.2, 0.25) is 16.0 Å². The molecule has 154 valence electrons. The first kappa shape index (κ1) is 21.8. The van der Waals surface area contributed by atoms with E-state index in [9.17, 15) is 22.4 Å². The van der Waals surface area contributed by atoms with Gasteiger partial charge in [-0.25, -0.2) is 32.7 Å². The first-order chi connectivity index (χ1) is 12.8. The van der Waals surface area contributed by atoms with E-state index in [0.717, 1.165) is 13.1 Å². The monoisotopic (exact) mass is 414 g/mol. The molecule has 0 bridgehead atoms. The summed E-state index contributed by atoms with van der Waals surface area (Å²) in [6, 6.07) is 5.40. The van der Waals surface area contributed by atoms with Gasteiger partial charge in [-0.15, -0.1) is 0 Å². The number of nitrogens with zero attached hydrogens (tertiary/aromatic N) is 3. The minimum absolute atomic E-state index is 0.0890. The van der Waals surface area contributed by atoms with Crippen molar-refractivity contribution in [3.05, 3.63) is 35.6 Å². The number of aldehydes is 1. The number of benzene rings is 1. The molecule has 0 radical (unpaired) electrons. The maximum atomic E-state index is 14.5. The Hall–Kier alpha value is -2.53. The fraction of sp³-hybridized carbons (Fsp3) is 0.471. The Morgan fingerprint density at radius 1 is 1.43 bits per heavy atom. The van der Waals surface area contributed by atoms with Crippen LogP contribution in [0.1, 0.15) is 32.8 Å². The topological polar surface area (TPSA) is 122 Å². The summed E-state index contributed by atoms with van der Waals surface area (Å²) in [6.07, 6.45) is -1.03. The molecule has 1 unspecified atom stereocenters. The molecule has 0 aromatic heterocycles. The van der Waals surface area contributed by atoms with Crippen LogP contribution in [0.5, 0.6) is 0 Å². The van der Waals surface area contributed by atoms with E-state index in [1.165, 1.54) is 18.2 Å². The molecule has 1 aromatic carbocycles. The Bertz CT molecular complexity index is 912. The van der Waals surface area contributed by atoms with Crippen LogP contribution in [-0.2, 0) is 25.1 Å². The van der Waals surface area contributed by atoms with Gasteiger partial charge >= 0.3 is 6.09 Å². The number of halogens is 1. The average Bonchev–Trinajstić information content (AvgIpc) is 2.56. The standard InChI is InChI=1S/C17H23FN4O5S/c1-16(2,3)27-15(24)22(19)14-20-17(9-10-23,11-28(25,26)21(14)4)12-7-5-6-8-13(12)18/h5-8,10H,9,11,19H2,1-4H3. The number of rotatable bonds is 3. The van der Waals surface area contributed by atoms with Crippen molar-refractivity contribution in [2.75, 3.05) is 12.8 Å². The Morgan fingerprint density at radius 3 is 2.57 bits per heavy atom. The van der Waals surface area contributed by atoms with Crippen molar-refractivity contribution < 1.29 is 27.1 Å². The van der Waals surface area contributed by atoms with Gasteiger partial charge in [-0.05, 0) is 26.8 Å². The molecule has 1 amide bonds. The molecule has 0 aliphatic carbocycles. The molecule has 1 atom stereocenters. The SMILES string of the molecule is CN1C(N(N)C(=O)OC(C)(C)C)=NC(CC=O)(c2ccccc2F)CS1(=O)=O. The van der Waals surface area contributed by atoms with Crippen LogP contribution in [0.15, 0.2) is 29.3 Å². The summed E-state index contributed by atoms with van der Waals surface area (Å²) in [5.41, 5.74) is -2.76. The number of amides is 1. The molecule has 0 saturated carbocycles. The number of hydrazine groups is 1. The quantitative estimate of drug-likeness (QED) is 0.345. The van der Waals surface area contributed by atoms with E-state index < -0.39 is 51.2 Å². The molecule has 0 spiro atoms. The lowest BCUT2D eigenvalue weighted by molar-refractivity contribution is -0.108. The van der Waals surface area contributed by atoms with E-state index in [1.54, 1.807) is 20.8 Å². The van der Waals surface area contributed by atoms with Crippen LogP contribution in [0.4, 0.5) is 9.18 Å². The third-order valence-corrected chi connectivity index (χ3v) is 5.88. The summed E-state index contributed by atoms with van der Waals surface area (Å²) < 4.78 is 45.8. The number of guanidine groups is 1. The van der Waals surface area contributed by atoms with E-state index in [1.807, 2.05) is 0 Å². The number of sulfonamides is 1. The second-order valence-electron chi connectivity index (χ2n) is 7.37. The smallest absolute Gasteiger partial charge is 0.431 e. The van der Waals surface area contributed by atoms with Crippen molar-refractivity contribution in [2.24, 2.45) is 10.8 Å². The summed E-state index contributed by atoms with van der Waals surface area (Å²) in [6.45, 7) is 4.83. The molecule has 2 N–H and O–H groups in total. The fourth-order valence-electron chi connectivity index (χ4n) is 2.74. The van der Waals surface area contributed by atoms with E-state index in [2.05, 4.69) is 4.99 Å². The van der Waals surface area contributed by atoms with Crippen LogP contribution in [0.3, 0.4) is 0 Å². The summed E-state index contributed by atoms with van der Waals surface area (Å²) in [7, 11) is -2.92. The van der Waals surface area contributed by atoms with E-state index >= 15 is 0 Å². The highest BCUT2D eigenvalue weighted by Gasteiger charge is 2.47. The average molecular weight is 414 g/mol. The highest BCUT2D eigenvalue weighted by Crippen LogP contribution is 2.37. The second kappa shape index (κ2) is 7.47. The van der Waals surface area contributed by atoms with Crippen molar-refractivity contribution in [1.29, 1.82) is 0 Å². The largest absolute Gasteiger partial charge is 0.442 e. The normalized spacial score (nSPS) is 21.6. The lowest BCUT2D eigenvalue weighted by Gasteiger charge is -2.39. The predicted molar refractivity (Wildman–Crippen MR) is 100 cm³/mol. The molecule has 11 heteroatoms. The van der Waals surface area contributed by atoms with Crippen LogP contribution < -0.4 is 5.84 Å². The first-order valence-corrected chi connectivity index (χ1v) is 9.97. The van der Waals surface area contributed by atoms with E-state index in [4.69, 9.17) is 10.6 Å². The van der Waals surface area contributed by atoms with Gasteiger partial charge in [0.05, 0.1) is 5.75 Å². The van der Waals surface area contributed by atoms with Crippen LogP contribution in [0.25, 0.3) is 0 Å². The van der Waals surface area contributed by atoms with E-state index in [-0.39, 0.29) is 5.56 Å². The van der Waals surface area contributed by atoms with Gasteiger partial charge in [-0.1, -0.05) is 18.2 Å². The van der Waals surface area contributed by atoms with Gasteiger partial charge in [-0.2, -0.15) is 5.01 Å². The predicted octanol–water partition coefficient (Wildman–Crippen LogP) is 1.35. The molecule has 2 rings (SSSR count). The van der Waals surface area contributed by atoms with Gasteiger partial charge in [-0.3, -0.25) is 0 Å². The first-order valence-electron chi connectivity index (χ1n) is 8.36. The van der Waals surface area contributed by atoms with Gasteiger partial charge < -0.3 is 9.53 Å². The molecule has 1 aliphatic heterocycles. The zero-order valence-corrected chi connectivity index (χ0v) is 16.9. The number of carbonyl (C=O) groups is 2. The molecule has 0 fully saturated rings. The van der Waals surface area contributed by atoms with Crippen LogP contribution in [-0.4, -0.2) is 54.5 Å². The lowest BCUT2D eigenvalue weighted by atomic mass is 9.89. The Morgan fingerprint density at radius 2 is 2.04 bits per heavy atom. The number of aliphatic imine (C=N–C) groups is 1. The second-order valence-corrected chi connectivity index (χ2v) is 9.37. The Balaban J connectivity index is 2.65. The number of ether oxygens (including phenoxy) is 1. The van der Waals surface area contributed by atoms with Gasteiger partial charge in [0.25, 0.3) is 0 Å². The summed E-state index contributed by atoms with van der Waals surface area (Å²) in [4.78, 5) is 27.9. The van der Waals surface area contributed by atoms with Crippen molar-refractivity contribution in [1.82, 2.24) is 9.31 Å². The van der Waals surface area contributed by atoms with Crippen LogP contribution >= 0.6 is 0 Å². The Kier molecular flexibility index (Phi) is 5.81. The minimum Gasteiger partial charge on any atom is -0.442 e. The number of hydrogen-bond donors (Lipinski definition) is 1.